The van der Waals surface area contributed by atoms with Crippen LogP contribution >= 0.6 is 0 Å². The number of anilines is 2. The van der Waals surface area contributed by atoms with Crippen LogP contribution in [-0.4, -0.2) is 50.1 Å². The van der Waals surface area contributed by atoms with Crippen molar-refractivity contribution in [2.45, 2.75) is 13.0 Å². The summed E-state index contributed by atoms with van der Waals surface area (Å²) in [6, 6.07) is 13.7. The molecule has 0 bridgehead atoms. The predicted molar refractivity (Wildman–Crippen MR) is 101 cm³/mol. The quantitative estimate of drug-likeness (QED) is 0.894. The van der Waals surface area contributed by atoms with Crippen molar-refractivity contribution in [1.82, 2.24) is 4.90 Å². The molecule has 1 heterocycles. The summed E-state index contributed by atoms with van der Waals surface area (Å²) < 4.78 is 18.3. The van der Waals surface area contributed by atoms with Crippen LogP contribution in [0.15, 0.2) is 48.5 Å². The third kappa shape index (κ3) is 4.14. The standard InChI is InChI=1S/C20H24FN3O2/c1-15(20(25)22-18-5-3-4-6-19(18)26-2)23-11-13-24(14-12-23)17-9-7-16(21)8-10-17/h3-10,15H,11-14H2,1-2H3,(H,22,25). The van der Waals surface area contributed by atoms with Crippen LogP contribution in [0.2, 0.25) is 0 Å². The van der Waals surface area contributed by atoms with Gasteiger partial charge in [-0.05, 0) is 43.3 Å². The summed E-state index contributed by atoms with van der Waals surface area (Å²) in [5.74, 6) is 0.368. The Morgan fingerprint density at radius 1 is 1.08 bits per heavy atom. The lowest BCUT2D eigenvalue weighted by Crippen LogP contribution is -2.52. The van der Waals surface area contributed by atoms with Gasteiger partial charge >= 0.3 is 0 Å². The van der Waals surface area contributed by atoms with E-state index in [1.54, 1.807) is 19.2 Å². The number of carbonyl (C=O) groups is 1. The lowest BCUT2D eigenvalue weighted by Gasteiger charge is -2.38. The van der Waals surface area contributed by atoms with Gasteiger partial charge in [-0.2, -0.15) is 0 Å². The van der Waals surface area contributed by atoms with Crippen LogP contribution in [-0.2, 0) is 4.79 Å². The van der Waals surface area contributed by atoms with Gasteiger partial charge in [0.05, 0.1) is 18.8 Å². The van der Waals surface area contributed by atoms with Crippen LogP contribution in [0.5, 0.6) is 5.75 Å². The molecule has 1 aliphatic heterocycles. The second kappa shape index (κ2) is 8.19. The topological polar surface area (TPSA) is 44.8 Å². The average Bonchev–Trinajstić information content (AvgIpc) is 2.68. The van der Waals surface area contributed by atoms with Gasteiger partial charge in [-0.3, -0.25) is 9.69 Å². The van der Waals surface area contributed by atoms with E-state index in [4.69, 9.17) is 4.74 Å². The Morgan fingerprint density at radius 3 is 2.38 bits per heavy atom. The minimum atomic E-state index is -0.240. The zero-order chi connectivity index (χ0) is 18.5. The number of amides is 1. The Labute approximate surface area is 153 Å². The van der Waals surface area contributed by atoms with Crippen molar-refractivity contribution in [3.63, 3.8) is 0 Å². The fourth-order valence-corrected chi connectivity index (χ4v) is 3.17. The maximum atomic E-state index is 13.1. The molecule has 0 spiro atoms. The van der Waals surface area contributed by atoms with Crippen molar-refractivity contribution in [1.29, 1.82) is 0 Å². The molecule has 138 valence electrons. The van der Waals surface area contributed by atoms with Crippen LogP contribution in [0.3, 0.4) is 0 Å². The molecule has 0 saturated carbocycles. The summed E-state index contributed by atoms with van der Waals surface area (Å²) in [6.07, 6.45) is 0. The molecule has 1 aliphatic rings. The number of halogens is 1. The lowest BCUT2D eigenvalue weighted by atomic mass is 10.2. The van der Waals surface area contributed by atoms with E-state index >= 15 is 0 Å². The largest absolute Gasteiger partial charge is 0.495 e. The van der Waals surface area contributed by atoms with Crippen LogP contribution < -0.4 is 15.0 Å². The normalized spacial score (nSPS) is 16.2. The van der Waals surface area contributed by atoms with Gasteiger partial charge in [0.2, 0.25) is 5.91 Å². The molecule has 5 nitrogen and oxygen atoms in total. The SMILES string of the molecule is COc1ccccc1NC(=O)C(C)N1CCN(c2ccc(F)cc2)CC1. The summed E-state index contributed by atoms with van der Waals surface area (Å²) in [6.45, 7) is 5.07. The Hall–Kier alpha value is -2.60. The van der Waals surface area contributed by atoms with Crippen LogP contribution in [0.4, 0.5) is 15.8 Å². The van der Waals surface area contributed by atoms with Gasteiger partial charge in [0.25, 0.3) is 0 Å². The predicted octanol–water partition coefficient (Wildman–Crippen LogP) is 2.98. The van der Waals surface area contributed by atoms with Gasteiger partial charge in [-0.25, -0.2) is 4.39 Å². The summed E-state index contributed by atoms with van der Waals surface area (Å²) >= 11 is 0. The third-order valence-corrected chi connectivity index (χ3v) is 4.80. The number of piperazine rings is 1. The summed E-state index contributed by atoms with van der Waals surface area (Å²) in [7, 11) is 1.59. The highest BCUT2D eigenvalue weighted by Crippen LogP contribution is 2.24. The number of hydrogen-bond acceptors (Lipinski definition) is 4. The minimum Gasteiger partial charge on any atom is -0.495 e. The zero-order valence-electron chi connectivity index (χ0n) is 15.1. The number of rotatable bonds is 5. The van der Waals surface area contributed by atoms with E-state index in [1.165, 1.54) is 12.1 Å². The van der Waals surface area contributed by atoms with E-state index in [2.05, 4.69) is 15.1 Å². The molecule has 2 aromatic carbocycles. The molecule has 26 heavy (non-hydrogen) atoms. The second-order valence-electron chi connectivity index (χ2n) is 6.36. The average molecular weight is 357 g/mol. The van der Waals surface area contributed by atoms with Gasteiger partial charge in [-0.1, -0.05) is 12.1 Å². The van der Waals surface area contributed by atoms with E-state index in [0.29, 0.717) is 11.4 Å². The van der Waals surface area contributed by atoms with E-state index in [9.17, 15) is 9.18 Å². The Morgan fingerprint density at radius 2 is 1.73 bits per heavy atom. The summed E-state index contributed by atoms with van der Waals surface area (Å²) in [5, 5.41) is 2.95. The molecular weight excluding hydrogens is 333 g/mol. The first-order chi connectivity index (χ1) is 12.6. The number of hydrogen-bond donors (Lipinski definition) is 1. The van der Waals surface area contributed by atoms with E-state index < -0.39 is 0 Å². The van der Waals surface area contributed by atoms with Crippen LogP contribution in [0, 0.1) is 5.82 Å². The monoisotopic (exact) mass is 357 g/mol. The number of para-hydroxylation sites is 2. The van der Waals surface area contributed by atoms with Gasteiger partial charge < -0.3 is 15.0 Å². The van der Waals surface area contributed by atoms with E-state index in [-0.39, 0.29) is 17.8 Å². The molecule has 0 aliphatic carbocycles. The van der Waals surface area contributed by atoms with Crippen LogP contribution in [0.1, 0.15) is 6.92 Å². The molecule has 1 saturated heterocycles. The molecule has 3 rings (SSSR count). The highest BCUT2D eigenvalue weighted by atomic mass is 19.1. The molecule has 1 unspecified atom stereocenters. The third-order valence-electron chi connectivity index (χ3n) is 4.80. The first-order valence-corrected chi connectivity index (χ1v) is 8.77. The second-order valence-corrected chi connectivity index (χ2v) is 6.36. The highest BCUT2D eigenvalue weighted by molar-refractivity contribution is 5.95. The number of benzene rings is 2. The molecular formula is C20H24FN3O2. The van der Waals surface area contributed by atoms with Crippen molar-refractivity contribution in [2.75, 3.05) is 43.5 Å². The lowest BCUT2D eigenvalue weighted by molar-refractivity contribution is -0.120. The van der Waals surface area contributed by atoms with Crippen molar-refractivity contribution in [3.05, 3.63) is 54.3 Å². The number of nitrogens with one attached hydrogen (secondary N) is 1. The zero-order valence-corrected chi connectivity index (χ0v) is 15.1. The maximum Gasteiger partial charge on any atom is 0.241 e. The molecule has 1 amide bonds. The van der Waals surface area contributed by atoms with Crippen LogP contribution in [0.25, 0.3) is 0 Å². The maximum absolute atomic E-state index is 13.1. The molecule has 1 fully saturated rings. The Kier molecular flexibility index (Phi) is 5.73. The Bertz CT molecular complexity index is 743. The molecule has 0 aromatic heterocycles. The summed E-state index contributed by atoms with van der Waals surface area (Å²) in [5.41, 5.74) is 1.69. The van der Waals surface area contributed by atoms with Crippen molar-refractivity contribution in [3.8, 4) is 5.75 Å². The van der Waals surface area contributed by atoms with Crippen molar-refractivity contribution in [2.24, 2.45) is 0 Å². The summed E-state index contributed by atoms with van der Waals surface area (Å²) in [4.78, 5) is 17.0. The molecule has 1 N–H and O–H groups in total. The fourth-order valence-electron chi connectivity index (χ4n) is 3.17. The number of nitrogens with zero attached hydrogens (tertiary/aromatic N) is 2. The van der Waals surface area contributed by atoms with Gasteiger partial charge in [-0.15, -0.1) is 0 Å². The first kappa shape index (κ1) is 18.2. The smallest absolute Gasteiger partial charge is 0.241 e. The molecule has 1 atom stereocenters. The number of carbonyl (C=O) groups excluding carboxylic acids is 1. The van der Waals surface area contributed by atoms with Crippen molar-refractivity contribution >= 4 is 17.3 Å². The number of ether oxygens (including phenoxy) is 1. The van der Waals surface area contributed by atoms with Crippen molar-refractivity contribution < 1.29 is 13.9 Å². The highest BCUT2D eigenvalue weighted by Gasteiger charge is 2.26. The minimum absolute atomic E-state index is 0.0512. The van der Waals surface area contributed by atoms with E-state index in [1.807, 2.05) is 31.2 Å². The number of methoxy groups -OCH3 is 1. The van der Waals surface area contributed by atoms with E-state index in [0.717, 1.165) is 31.9 Å². The van der Waals surface area contributed by atoms with Gasteiger partial charge in [0.1, 0.15) is 11.6 Å². The van der Waals surface area contributed by atoms with Gasteiger partial charge in [0.15, 0.2) is 0 Å². The molecule has 0 radical (unpaired) electrons. The fraction of sp³-hybridized carbons (Fsp3) is 0.350. The molecule has 2 aromatic rings. The Balaban J connectivity index is 1.56. The van der Waals surface area contributed by atoms with Gasteiger partial charge in [0, 0.05) is 31.9 Å². The first-order valence-electron chi connectivity index (χ1n) is 8.77. The molecule has 6 heteroatoms.